The molecule has 0 amide bonds. The Kier molecular flexibility index (Phi) is 11.0. The van der Waals surface area contributed by atoms with Crippen molar-refractivity contribution in [2.24, 2.45) is 5.92 Å². The van der Waals surface area contributed by atoms with Crippen molar-refractivity contribution in [3.63, 3.8) is 0 Å². The molecule has 2 rings (SSSR count). The first-order valence-corrected chi connectivity index (χ1v) is 9.46. The Hall–Kier alpha value is -1.63. The Labute approximate surface area is 150 Å². The van der Waals surface area contributed by atoms with E-state index in [0.717, 1.165) is 5.69 Å². The Bertz CT molecular complexity index is 539. The van der Waals surface area contributed by atoms with Crippen molar-refractivity contribution in [1.82, 2.24) is 4.98 Å². The van der Waals surface area contributed by atoms with Crippen LogP contribution in [-0.2, 0) is 5.41 Å². The minimum Gasteiger partial charge on any atom is -0.256 e. The van der Waals surface area contributed by atoms with E-state index in [1.807, 2.05) is 32.2 Å². The number of benzene rings is 1. The molecular formula is C23H37N. The average Bonchev–Trinajstić information content (AvgIpc) is 2.64. The Balaban J connectivity index is 0.000000773. The van der Waals surface area contributed by atoms with Gasteiger partial charge in [0, 0.05) is 11.8 Å². The van der Waals surface area contributed by atoms with E-state index in [9.17, 15) is 0 Å². The van der Waals surface area contributed by atoms with E-state index in [1.54, 1.807) is 0 Å². The van der Waals surface area contributed by atoms with Gasteiger partial charge in [-0.2, -0.15) is 0 Å². The number of hydrogen-bond acceptors (Lipinski definition) is 1. The van der Waals surface area contributed by atoms with Crippen LogP contribution in [0, 0.1) is 5.92 Å². The molecule has 0 atom stereocenters. The van der Waals surface area contributed by atoms with Crippen LogP contribution in [0.3, 0.4) is 0 Å². The highest BCUT2D eigenvalue weighted by Gasteiger charge is 2.27. The van der Waals surface area contributed by atoms with Gasteiger partial charge in [0.1, 0.15) is 0 Å². The van der Waals surface area contributed by atoms with Crippen molar-refractivity contribution in [2.45, 2.75) is 73.6 Å². The summed E-state index contributed by atoms with van der Waals surface area (Å²) in [6, 6.07) is 14.7. The number of rotatable bonds is 4. The summed E-state index contributed by atoms with van der Waals surface area (Å²) in [6.45, 7) is 17.5. The standard InChI is InChI=1S/C17H21N.C4H10.C2H6/c1-13(2)17(3,4)15-10-6-5-9-14(15)16-11-7-8-12-18-16;1-3-4-2;1-2/h5-13H,1-4H3;3-4H2,1-2H3;1-2H3. The molecule has 1 heteroatoms. The number of hydrogen-bond donors (Lipinski definition) is 0. The van der Waals surface area contributed by atoms with E-state index in [4.69, 9.17) is 0 Å². The summed E-state index contributed by atoms with van der Waals surface area (Å²) in [7, 11) is 0. The van der Waals surface area contributed by atoms with Crippen LogP contribution in [0.1, 0.15) is 73.8 Å². The maximum Gasteiger partial charge on any atom is 0.0704 e. The monoisotopic (exact) mass is 327 g/mol. The summed E-state index contributed by atoms with van der Waals surface area (Å²) in [4.78, 5) is 4.48. The van der Waals surface area contributed by atoms with Crippen LogP contribution in [0.25, 0.3) is 11.3 Å². The third-order valence-electron chi connectivity index (χ3n) is 4.51. The van der Waals surface area contributed by atoms with Crippen LogP contribution in [0.2, 0.25) is 0 Å². The Morgan fingerprint density at radius 3 is 1.88 bits per heavy atom. The lowest BCUT2D eigenvalue weighted by Crippen LogP contribution is -2.25. The summed E-state index contributed by atoms with van der Waals surface area (Å²) in [5.41, 5.74) is 3.83. The quantitative estimate of drug-likeness (QED) is 0.566. The first-order valence-electron chi connectivity index (χ1n) is 9.46. The first kappa shape index (κ1) is 22.4. The SMILES string of the molecule is CC.CC(C)C(C)(C)c1ccccc1-c1ccccn1.CCCC. The van der Waals surface area contributed by atoms with Crippen LogP contribution in [0.4, 0.5) is 0 Å². The minimum atomic E-state index is 0.147. The van der Waals surface area contributed by atoms with E-state index in [-0.39, 0.29) is 5.41 Å². The summed E-state index contributed by atoms with van der Waals surface area (Å²) in [5, 5.41) is 0. The normalized spacial score (nSPS) is 10.4. The minimum absolute atomic E-state index is 0.147. The number of nitrogens with zero attached hydrogens (tertiary/aromatic N) is 1. The molecule has 1 nitrogen and oxygen atoms in total. The summed E-state index contributed by atoms with van der Waals surface area (Å²) in [5.74, 6) is 0.586. The molecule has 0 aliphatic carbocycles. The van der Waals surface area contributed by atoms with Gasteiger partial charge in [0.05, 0.1) is 5.69 Å². The van der Waals surface area contributed by atoms with Crippen LogP contribution in [0.15, 0.2) is 48.7 Å². The zero-order valence-corrected chi connectivity index (χ0v) is 17.1. The molecule has 0 saturated heterocycles. The van der Waals surface area contributed by atoms with Gasteiger partial charge >= 0.3 is 0 Å². The van der Waals surface area contributed by atoms with E-state index in [1.165, 1.54) is 24.0 Å². The van der Waals surface area contributed by atoms with E-state index < -0.39 is 0 Å². The highest BCUT2D eigenvalue weighted by atomic mass is 14.7. The molecular weight excluding hydrogens is 290 g/mol. The third-order valence-corrected chi connectivity index (χ3v) is 4.51. The van der Waals surface area contributed by atoms with Gasteiger partial charge in [-0.25, -0.2) is 0 Å². The van der Waals surface area contributed by atoms with Gasteiger partial charge in [-0.05, 0) is 29.0 Å². The fourth-order valence-corrected chi connectivity index (χ4v) is 2.10. The molecule has 1 heterocycles. The summed E-state index contributed by atoms with van der Waals surface area (Å²) < 4.78 is 0. The highest BCUT2D eigenvalue weighted by molar-refractivity contribution is 5.65. The van der Waals surface area contributed by atoms with Crippen molar-refractivity contribution in [3.8, 4) is 11.3 Å². The number of aromatic nitrogens is 1. The van der Waals surface area contributed by atoms with Crippen LogP contribution >= 0.6 is 0 Å². The molecule has 1 aromatic heterocycles. The molecule has 0 aliphatic heterocycles. The van der Waals surface area contributed by atoms with Gasteiger partial charge in [0.2, 0.25) is 0 Å². The van der Waals surface area contributed by atoms with Crippen LogP contribution in [0.5, 0.6) is 0 Å². The smallest absolute Gasteiger partial charge is 0.0704 e. The van der Waals surface area contributed by atoms with E-state index >= 15 is 0 Å². The van der Waals surface area contributed by atoms with Gasteiger partial charge in [-0.1, -0.05) is 98.6 Å². The third kappa shape index (κ3) is 6.47. The molecule has 134 valence electrons. The van der Waals surface area contributed by atoms with E-state index in [2.05, 4.69) is 76.9 Å². The molecule has 0 spiro atoms. The fraction of sp³-hybridized carbons (Fsp3) is 0.522. The van der Waals surface area contributed by atoms with Crippen LogP contribution < -0.4 is 0 Å². The molecule has 0 bridgehead atoms. The molecule has 0 N–H and O–H groups in total. The fourth-order valence-electron chi connectivity index (χ4n) is 2.10. The molecule has 24 heavy (non-hydrogen) atoms. The zero-order valence-electron chi connectivity index (χ0n) is 17.1. The molecule has 0 saturated carbocycles. The van der Waals surface area contributed by atoms with Gasteiger partial charge in [-0.3, -0.25) is 4.98 Å². The molecule has 1 aromatic carbocycles. The second-order valence-electron chi connectivity index (χ2n) is 6.64. The van der Waals surface area contributed by atoms with Crippen molar-refractivity contribution < 1.29 is 0 Å². The summed E-state index contributed by atoms with van der Waals surface area (Å²) >= 11 is 0. The van der Waals surface area contributed by atoms with Gasteiger partial charge in [0.25, 0.3) is 0 Å². The van der Waals surface area contributed by atoms with Gasteiger partial charge in [0.15, 0.2) is 0 Å². The average molecular weight is 328 g/mol. The lowest BCUT2D eigenvalue weighted by atomic mass is 9.73. The largest absolute Gasteiger partial charge is 0.256 e. The first-order chi connectivity index (χ1) is 11.4. The van der Waals surface area contributed by atoms with Crippen molar-refractivity contribution >= 4 is 0 Å². The molecule has 0 fully saturated rings. The topological polar surface area (TPSA) is 12.9 Å². The lowest BCUT2D eigenvalue weighted by Gasteiger charge is -2.31. The second-order valence-corrected chi connectivity index (χ2v) is 6.64. The van der Waals surface area contributed by atoms with Gasteiger partial charge < -0.3 is 0 Å². The van der Waals surface area contributed by atoms with Crippen molar-refractivity contribution in [3.05, 3.63) is 54.2 Å². The van der Waals surface area contributed by atoms with Crippen molar-refractivity contribution in [1.29, 1.82) is 0 Å². The van der Waals surface area contributed by atoms with Gasteiger partial charge in [-0.15, -0.1) is 0 Å². The molecule has 0 unspecified atom stereocenters. The summed E-state index contributed by atoms with van der Waals surface area (Å²) in [6.07, 6.45) is 4.49. The van der Waals surface area contributed by atoms with Crippen molar-refractivity contribution in [2.75, 3.05) is 0 Å². The second kappa shape index (κ2) is 11.8. The Morgan fingerprint density at radius 2 is 1.42 bits per heavy atom. The maximum atomic E-state index is 4.48. The Morgan fingerprint density at radius 1 is 0.875 bits per heavy atom. The number of unbranched alkanes of at least 4 members (excludes halogenated alkanes) is 1. The molecule has 0 aliphatic rings. The molecule has 0 radical (unpaired) electrons. The lowest BCUT2D eigenvalue weighted by molar-refractivity contribution is 0.373. The van der Waals surface area contributed by atoms with Crippen LogP contribution in [-0.4, -0.2) is 4.98 Å². The predicted molar refractivity (Wildman–Crippen MR) is 109 cm³/mol. The number of pyridine rings is 1. The molecule has 2 aromatic rings. The van der Waals surface area contributed by atoms with E-state index in [0.29, 0.717) is 5.92 Å². The zero-order chi connectivity index (χ0) is 18.6. The predicted octanol–water partition coefficient (Wildman–Crippen LogP) is 7.51. The highest BCUT2D eigenvalue weighted by Crippen LogP contribution is 2.37. The maximum absolute atomic E-state index is 4.48.